The molecule has 1 N–H and O–H groups in total. The highest BCUT2D eigenvalue weighted by Gasteiger charge is 2.23. The number of hydrogen-bond acceptors (Lipinski definition) is 4. The Hall–Kier alpha value is -2.80. The number of amides is 2. The number of para-hydroxylation sites is 2. The number of benzene rings is 2. The highest BCUT2D eigenvalue weighted by atomic mass is 19.1. The van der Waals surface area contributed by atoms with Gasteiger partial charge in [-0.2, -0.15) is 0 Å². The molecule has 2 fully saturated rings. The number of ether oxygens (including phenoxy) is 1. The normalized spacial score (nSPS) is 17.5. The van der Waals surface area contributed by atoms with Crippen LogP contribution in [0.1, 0.15) is 0 Å². The van der Waals surface area contributed by atoms with E-state index in [9.17, 15) is 9.18 Å². The summed E-state index contributed by atoms with van der Waals surface area (Å²) in [5.41, 5.74) is 2.71. The summed E-state index contributed by atoms with van der Waals surface area (Å²) in [6.07, 6.45) is 0. The molecule has 148 valence electrons. The fraction of sp³-hybridized carbons (Fsp3) is 0.381. The van der Waals surface area contributed by atoms with Gasteiger partial charge in [0.15, 0.2) is 0 Å². The van der Waals surface area contributed by atoms with Crippen molar-refractivity contribution in [1.82, 2.24) is 4.90 Å². The second-order valence-electron chi connectivity index (χ2n) is 7.00. The molecule has 0 bridgehead atoms. The number of rotatable bonds is 3. The zero-order chi connectivity index (χ0) is 19.3. The third kappa shape index (κ3) is 4.20. The molecule has 4 rings (SSSR count). The average molecular weight is 384 g/mol. The molecule has 2 aromatic rings. The molecule has 0 saturated carbocycles. The first kappa shape index (κ1) is 18.6. The van der Waals surface area contributed by atoms with Crippen molar-refractivity contribution in [2.75, 3.05) is 67.6 Å². The predicted octanol–water partition coefficient (Wildman–Crippen LogP) is 3.02. The van der Waals surface area contributed by atoms with Gasteiger partial charge in [0.1, 0.15) is 5.82 Å². The maximum atomic E-state index is 13.4. The van der Waals surface area contributed by atoms with Gasteiger partial charge < -0.3 is 24.8 Å². The van der Waals surface area contributed by atoms with Crippen molar-refractivity contribution in [1.29, 1.82) is 0 Å². The van der Waals surface area contributed by atoms with Crippen molar-refractivity contribution in [3.63, 3.8) is 0 Å². The van der Waals surface area contributed by atoms with Crippen LogP contribution in [0.15, 0.2) is 48.5 Å². The Labute approximate surface area is 164 Å². The quantitative estimate of drug-likeness (QED) is 0.884. The third-order valence-corrected chi connectivity index (χ3v) is 5.24. The molecule has 0 spiro atoms. The van der Waals surface area contributed by atoms with Crippen molar-refractivity contribution >= 4 is 23.1 Å². The molecule has 2 saturated heterocycles. The van der Waals surface area contributed by atoms with Gasteiger partial charge in [-0.15, -0.1) is 0 Å². The first-order valence-corrected chi connectivity index (χ1v) is 9.69. The lowest BCUT2D eigenvalue weighted by molar-refractivity contribution is 0.123. The standard InChI is InChI=1S/C21H25FN4O2/c22-17-4-3-5-18(16-17)24-8-10-26(11-9-24)21(27)23-19-6-1-2-7-20(19)25-12-14-28-15-13-25/h1-7,16H,8-15H2,(H,23,27). The zero-order valence-corrected chi connectivity index (χ0v) is 15.8. The molecule has 28 heavy (non-hydrogen) atoms. The van der Waals surface area contributed by atoms with Crippen LogP contribution in [0.2, 0.25) is 0 Å². The minimum absolute atomic E-state index is 0.0976. The lowest BCUT2D eigenvalue weighted by atomic mass is 10.2. The van der Waals surface area contributed by atoms with E-state index in [-0.39, 0.29) is 11.8 Å². The second kappa shape index (κ2) is 8.48. The number of piperazine rings is 1. The number of halogens is 1. The highest BCUT2D eigenvalue weighted by Crippen LogP contribution is 2.27. The average Bonchev–Trinajstić information content (AvgIpc) is 2.75. The van der Waals surface area contributed by atoms with Gasteiger partial charge in [0, 0.05) is 45.0 Å². The fourth-order valence-electron chi connectivity index (χ4n) is 3.69. The van der Waals surface area contributed by atoms with Crippen LogP contribution in [0.5, 0.6) is 0 Å². The van der Waals surface area contributed by atoms with E-state index in [0.717, 1.165) is 30.2 Å². The number of nitrogens with one attached hydrogen (secondary N) is 1. The number of carbonyl (C=O) groups is 1. The van der Waals surface area contributed by atoms with E-state index in [1.165, 1.54) is 12.1 Å². The van der Waals surface area contributed by atoms with Gasteiger partial charge in [0.25, 0.3) is 0 Å². The number of nitrogens with zero attached hydrogens (tertiary/aromatic N) is 3. The van der Waals surface area contributed by atoms with Crippen LogP contribution in [0, 0.1) is 5.82 Å². The number of hydrogen-bond donors (Lipinski definition) is 1. The monoisotopic (exact) mass is 384 g/mol. The van der Waals surface area contributed by atoms with E-state index < -0.39 is 0 Å². The second-order valence-corrected chi connectivity index (χ2v) is 7.00. The summed E-state index contributed by atoms with van der Waals surface area (Å²) >= 11 is 0. The Morgan fingerprint density at radius 2 is 1.64 bits per heavy atom. The summed E-state index contributed by atoms with van der Waals surface area (Å²) in [5, 5.41) is 3.07. The van der Waals surface area contributed by atoms with Gasteiger partial charge in [0.2, 0.25) is 0 Å². The van der Waals surface area contributed by atoms with Gasteiger partial charge in [-0.05, 0) is 30.3 Å². The summed E-state index contributed by atoms with van der Waals surface area (Å²) in [5.74, 6) is -0.239. The molecule has 2 aromatic carbocycles. The molecule has 7 heteroatoms. The summed E-state index contributed by atoms with van der Waals surface area (Å²) in [4.78, 5) is 18.9. The summed E-state index contributed by atoms with van der Waals surface area (Å²) in [7, 11) is 0. The summed E-state index contributed by atoms with van der Waals surface area (Å²) in [6, 6.07) is 14.4. The van der Waals surface area contributed by atoms with E-state index in [4.69, 9.17) is 4.74 Å². The van der Waals surface area contributed by atoms with E-state index in [1.54, 1.807) is 6.07 Å². The van der Waals surface area contributed by atoms with E-state index in [0.29, 0.717) is 39.4 Å². The van der Waals surface area contributed by atoms with Crippen LogP contribution in [-0.2, 0) is 4.74 Å². The number of carbonyl (C=O) groups excluding carboxylic acids is 1. The van der Waals surface area contributed by atoms with Gasteiger partial charge >= 0.3 is 6.03 Å². The first-order valence-electron chi connectivity index (χ1n) is 9.69. The molecule has 2 heterocycles. The molecular formula is C21H25FN4O2. The molecular weight excluding hydrogens is 359 g/mol. The third-order valence-electron chi connectivity index (χ3n) is 5.24. The maximum absolute atomic E-state index is 13.4. The van der Waals surface area contributed by atoms with Crippen molar-refractivity contribution < 1.29 is 13.9 Å². The van der Waals surface area contributed by atoms with Crippen molar-refractivity contribution in [2.45, 2.75) is 0 Å². The Morgan fingerprint density at radius 1 is 0.893 bits per heavy atom. The van der Waals surface area contributed by atoms with Gasteiger partial charge in [-0.25, -0.2) is 9.18 Å². The lowest BCUT2D eigenvalue weighted by Gasteiger charge is -2.36. The SMILES string of the molecule is O=C(Nc1ccccc1N1CCOCC1)N1CCN(c2cccc(F)c2)CC1. The van der Waals surface area contributed by atoms with Crippen LogP contribution in [-0.4, -0.2) is 63.4 Å². The topological polar surface area (TPSA) is 48.1 Å². The predicted molar refractivity (Wildman–Crippen MR) is 109 cm³/mol. The zero-order valence-electron chi connectivity index (χ0n) is 15.8. The van der Waals surface area contributed by atoms with Crippen LogP contribution >= 0.6 is 0 Å². The molecule has 2 aliphatic heterocycles. The Kier molecular flexibility index (Phi) is 5.62. The Morgan fingerprint density at radius 3 is 2.39 bits per heavy atom. The lowest BCUT2D eigenvalue weighted by Crippen LogP contribution is -2.50. The molecule has 2 amide bonds. The molecule has 6 nitrogen and oxygen atoms in total. The number of morpholine rings is 1. The molecule has 0 unspecified atom stereocenters. The van der Waals surface area contributed by atoms with Gasteiger partial charge in [-0.1, -0.05) is 18.2 Å². The van der Waals surface area contributed by atoms with Crippen LogP contribution in [0.3, 0.4) is 0 Å². The first-order chi connectivity index (χ1) is 13.7. The van der Waals surface area contributed by atoms with Crippen molar-refractivity contribution in [3.05, 3.63) is 54.3 Å². The molecule has 0 radical (unpaired) electrons. The van der Waals surface area contributed by atoms with Gasteiger partial charge in [-0.3, -0.25) is 0 Å². The smallest absolute Gasteiger partial charge is 0.322 e. The molecule has 0 aromatic heterocycles. The maximum Gasteiger partial charge on any atom is 0.322 e. The van der Waals surface area contributed by atoms with E-state index in [1.807, 2.05) is 35.2 Å². The molecule has 2 aliphatic rings. The molecule has 0 atom stereocenters. The van der Waals surface area contributed by atoms with Crippen LogP contribution in [0.25, 0.3) is 0 Å². The number of anilines is 3. The van der Waals surface area contributed by atoms with E-state index >= 15 is 0 Å². The van der Waals surface area contributed by atoms with Crippen molar-refractivity contribution in [3.8, 4) is 0 Å². The summed E-state index contributed by atoms with van der Waals surface area (Å²) in [6.45, 7) is 5.60. The van der Waals surface area contributed by atoms with Crippen LogP contribution in [0.4, 0.5) is 26.2 Å². The highest BCUT2D eigenvalue weighted by molar-refractivity contribution is 5.93. The minimum atomic E-state index is -0.239. The Bertz CT molecular complexity index is 818. The largest absolute Gasteiger partial charge is 0.378 e. The fourth-order valence-corrected chi connectivity index (χ4v) is 3.69. The van der Waals surface area contributed by atoms with Crippen molar-refractivity contribution in [2.24, 2.45) is 0 Å². The molecule has 0 aliphatic carbocycles. The number of urea groups is 1. The minimum Gasteiger partial charge on any atom is -0.378 e. The summed E-state index contributed by atoms with van der Waals surface area (Å²) < 4.78 is 18.9. The Balaban J connectivity index is 1.37. The van der Waals surface area contributed by atoms with E-state index in [2.05, 4.69) is 15.1 Å². The van der Waals surface area contributed by atoms with Crippen LogP contribution < -0.4 is 15.1 Å². The van der Waals surface area contributed by atoms with Gasteiger partial charge in [0.05, 0.1) is 24.6 Å².